The summed E-state index contributed by atoms with van der Waals surface area (Å²) in [7, 11) is 0. The summed E-state index contributed by atoms with van der Waals surface area (Å²) < 4.78 is 0. The summed E-state index contributed by atoms with van der Waals surface area (Å²) in [5.41, 5.74) is 5.36. The van der Waals surface area contributed by atoms with Gasteiger partial charge in [0.1, 0.15) is 0 Å². The molecule has 1 aromatic heterocycles. The third-order valence-corrected chi connectivity index (χ3v) is 4.74. The van der Waals surface area contributed by atoms with Gasteiger partial charge in [0.05, 0.1) is 0 Å². The molecule has 0 unspecified atom stereocenters. The largest absolute Gasteiger partial charge is 0.326 e. The lowest BCUT2D eigenvalue weighted by Gasteiger charge is -2.07. The van der Waals surface area contributed by atoms with Crippen LogP contribution in [0.4, 0.5) is 5.69 Å². The number of hydrogen-bond donors (Lipinski definition) is 1. The maximum Gasteiger partial charge on any atom is 0.228 e. The number of nitrogens with one attached hydrogen (secondary N) is 1. The smallest absolute Gasteiger partial charge is 0.228 e. The zero-order chi connectivity index (χ0) is 17.2. The van der Waals surface area contributed by atoms with E-state index in [-0.39, 0.29) is 11.8 Å². The fourth-order valence-corrected chi connectivity index (χ4v) is 3.26. The van der Waals surface area contributed by atoms with Crippen molar-refractivity contribution in [3.05, 3.63) is 84.2 Å². The van der Waals surface area contributed by atoms with E-state index in [1.165, 1.54) is 5.56 Å². The quantitative estimate of drug-likeness (QED) is 0.747. The van der Waals surface area contributed by atoms with Crippen LogP contribution in [-0.4, -0.2) is 10.9 Å². The molecule has 3 nitrogen and oxygen atoms in total. The van der Waals surface area contributed by atoms with Crippen LogP contribution in [0.5, 0.6) is 0 Å². The summed E-state index contributed by atoms with van der Waals surface area (Å²) in [6, 6.07) is 22.3. The lowest BCUT2D eigenvalue weighted by atomic mass is 10.1. The molecular formula is C22H20N2O. The Morgan fingerprint density at radius 1 is 1.00 bits per heavy atom. The van der Waals surface area contributed by atoms with Crippen molar-refractivity contribution in [2.24, 2.45) is 5.92 Å². The van der Waals surface area contributed by atoms with Crippen LogP contribution >= 0.6 is 0 Å². The van der Waals surface area contributed by atoms with Gasteiger partial charge in [0.25, 0.3) is 0 Å². The Bertz CT molecular complexity index is 887. The average molecular weight is 328 g/mol. The second-order valence-corrected chi connectivity index (χ2v) is 6.61. The third-order valence-electron chi connectivity index (χ3n) is 4.74. The molecule has 0 bridgehead atoms. The summed E-state index contributed by atoms with van der Waals surface area (Å²) >= 11 is 0. The van der Waals surface area contributed by atoms with Crippen LogP contribution in [-0.2, 0) is 4.79 Å². The van der Waals surface area contributed by atoms with Crippen molar-refractivity contribution in [3.63, 3.8) is 0 Å². The van der Waals surface area contributed by atoms with E-state index in [0.29, 0.717) is 5.92 Å². The highest BCUT2D eigenvalue weighted by Gasteiger charge is 2.43. The minimum Gasteiger partial charge on any atom is -0.326 e. The van der Waals surface area contributed by atoms with E-state index in [1.807, 2.05) is 61.7 Å². The number of rotatable bonds is 4. The Balaban J connectivity index is 1.41. The van der Waals surface area contributed by atoms with Crippen molar-refractivity contribution in [1.29, 1.82) is 0 Å². The Hall–Kier alpha value is -2.94. The monoisotopic (exact) mass is 328 g/mol. The van der Waals surface area contributed by atoms with E-state index in [9.17, 15) is 4.79 Å². The van der Waals surface area contributed by atoms with E-state index in [2.05, 4.69) is 28.5 Å². The molecule has 1 saturated carbocycles. The zero-order valence-electron chi connectivity index (χ0n) is 14.1. The van der Waals surface area contributed by atoms with Gasteiger partial charge in [-0.2, -0.15) is 0 Å². The minimum atomic E-state index is 0.0879. The topological polar surface area (TPSA) is 42.0 Å². The molecule has 1 aliphatic rings. The van der Waals surface area contributed by atoms with Crippen molar-refractivity contribution in [3.8, 4) is 11.1 Å². The molecule has 4 rings (SSSR count). The number of amides is 1. The first-order chi connectivity index (χ1) is 12.2. The van der Waals surface area contributed by atoms with Crippen molar-refractivity contribution in [2.45, 2.75) is 19.3 Å². The molecule has 3 aromatic rings. The van der Waals surface area contributed by atoms with Crippen LogP contribution in [0.3, 0.4) is 0 Å². The fraction of sp³-hybridized carbons (Fsp3) is 0.182. The molecule has 1 heterocycles. The van der Waals surface area contributed by atoms with Crippen molar-refractivity contribution < 1.29 is 4.79 Å². The van der Waals surface area contributed by atoms with Gasteiger partial charge in [-0.05, 0) is 60.2 Å². The highest BCUT2D eigenvalue weighted by molar-refractivity contribution is 5.95. The third kappa shape index (κ3) is 3.45. The number of aryl methyl sites for hydroxylation is 1. The SMILES string of the molecule is Cc1cc(-c2ccc(NC(=O)[C@@H]3C[C@H]3c3ccccc3)cc2)ccn1. The Kier molecular flexibility index (Phi) is 4.06. The summed E-state index contributed by atoms with van der Waals surface area (Å²) in [5, 5.41) is 3.04. The number of anilines is 1. The molecule has 0 saturated heterocycles. The number of benzene rings is 2. The van der Waals surface area contributed by atoms with Gasteiger partial charge in [-0.15, -0.1) is 0 Å². The van der Waals surface area contributed by atoms with Gasteiger partial charge in [0.2, 0.25) is 5.91 Å². The van der Waals surface area contributed by atoms with Crippen molar-refractivity contribution in [1.82, 2.24) is 4.98 Å². The first-order valence-corrected chi connectivity index (χ1v) is 8.59. The number of aromatic nitrogens is 1. The summed E-state index contributed by atoms with van der Waals surface area (Å²) in [5.74, 6) is 0.562. The van der Waals surface area contributed by atoms with Crippen LogP contribution in [0.2, 0.25) is 0 Å². The van der Waals surface area contributed by atoms with Crippen LogP contribution in [0.25, 0.3) is 11.1 Å². The van der Waals surface area contributed by atoms with Crippen LogP contribution in [0, 0.1) is 12.8 Å². The summed E-state index contributed by atoms with van der Waals surface area (Å²) in [4.78, 5) is 16.7. The average Bonchev–Trinajstić information content (AvgIpc) is 3.44. The molecule has 2 aromatic carbocycles. The lowest BCUT2D eigenvalue weighted by molar-refractivity contribution is -0.117. The molecule has 0 aliphatic heterocycles. The Morgan fingerprint density at radius 3 is 2.48 bits per heavy atom. The molecule has 3 heteroatoms. The van der Waals surface area contributed by atoms with Gasteiger partial charge in [-0.1, -0.05) is 42.5 Å². The normalized spacial score (nSPS) is 18.6. The first kappa shape index (κ1) is 15.6. The highest BCUT2D eigenvalue weighted by atomic mass is 16.2. The summed E-state index contributed by atoms with van der Waals surface area (Å²) in [6.45, 7) is 1.98. The second kappa shape index (κ2) is 6.52. The Morgan fingerprint density at radius 2 is 1.76 bits per heavy atom. The highest BCUT2D eigenvalue weighted by Crippen LogP contribution is 2.47. The van der Waals surface area contributed by atoms with E-state index in [1.54, 1.807) is 0 Å². The molecule has 2 atom stereocenters. The van der Waals surface area contributed by atoms with Gasteiger partial charge in [-0.3, -0.25) is 9.78 Å². The molecule has 25 heavy (non-hydrogen) atoms. The fourth-order valence-electron chi connectivity index (χ4n) is 3.26. The standard InChI is InChI=1S/C22H20N2O/c1-15-13-18(11-12-23-15)16-7-9-19(10-8-16)24-22(25)21-14-20(21)17-5-3-2-4-6-17/h2-13,20-21H,14H2,1H3,(H,24,25)/t20-,21+/m0/s1. The molecule has 1 aliphatic carbocycles. The maximum atomic E-state index is 12.4. The van der Waals surface area contributed by atoms with Crippen molar-refractivity contribution >= 4 is 11.6 Å². The molecular weight excluding hydrogens is 308 g/mol. The van der Waals surface area contributed by atoms with Gasteiger partial charge in [0.15, 0.2) is 0 Å². The van der Waals surface area contributed by atoms with E-state index < -0.39 is 0 Å². The Labute approximate surface area is 147 Å². The maximum absolute atomic E-state index is 12.4. The molecule has 1 N–H and O–H groups in total. The van der Waals surface area contributed by atoms with Crippen LogP contribution in [0.15, 0.2) is 72.9 Å². The molecule has 1 fully saturated rings. The van der Waals surface area contributed by atoms with Gasteiger partial charge in [-0.25, -0.2) is 0 Å². The first-order valence-electron chi connectivity index (χ1n) is 8.59. The molecule has 0 spiro atoms. The number of nitrogens with zero attached hydrogens (tertiary/aromatic N) is 1. The number of carbonyl (C=O) groups is 1. The lowest BCUT2D eigenvalue weighted by Crippen LogP contribution is -2.14. The molecule has 1 amide bonds. The van der Waals surface area contributed by atoms with E-state index >= 15 is 0 Å². The number of hydrogen-bond acceptors (Lipinski definition) is 2. The number of pyridine rings is 1. The van der Waals surface area contributed by atoms with Gasteiger partial charge in [0, 0.05) is 23.5 Å². The van der Waals surface area contributed by atoms with E-state index in [0.717, 1.165) is 28.9 Å². The van der Waals surface area contributed by atoms with Gasteiger partial charge >= 0.3 is 0 Å². The molecule has 0 radical (unpaired) electrons. The van der Waals surface area contributed by atoms with Crippen LogP contribution in [0.1, 0.15) is 23.6 Å². The van der Waals surface area contributed by atoms with Crippen LogP contribution < -0.4 is 5.32 Å². The second-order valence-electron chi connectivity index (χ2n) is 6.61. The van der Waals surface area contributed by atoms with Gasteiger partial charge < -0.3 is 5.32 Å². The van der Waals surface area contributed by atoms with E-state index in [4.69, 9.17) is 0 Å². The predicted molar refractivity (Wildman–Crippen MR) is 100 cm³/mol. The molecule has 124 valence electrons. The van der Waals surface area contributed by atoms with Crippen molar-refractivity contribution in [2.75, 3.05) is 5.32 Å². The number of carbonyl (C=O) groups excluding carboxylic acids is 1. The summed E-state index contributed by atoms with van der Waals surface area (Å²) in [6.07, 6.45) is 2.75. The minimum absolute atomic E-state index is 0.0879. The zero-order valence-corrected chi connectivity index (χ0v) is 14.1. The predicted octanol–water partition coefficient (Wildman–Crippen LogP) is 4.80.